The molecule has 0 aliphatic carbocycles. The molecule has 8 nitrogen and oxygen atoms in total. The van der Waals surface area contributed by atoms with Crippen LogP contribution in [-0.2, 0) is 23.5 Å². The summed E-state index contributed by atoms with van der Waals surface area (Å²) in [4.78, 5) is 23.6. The van der Waals surface area contributed by atoms with Crippen molar-refractivity contribution in [3.8, 4) is 0 Å². The molecule has 2 aliphatic heterocycles. The van der Waals surface area contributed by atoms with Crippen LogP contribution in [0.25, 0.3) is 0 Å². The summed E-state index contributed by atoms with van der Waals surface area (Å²) in [5, 5.41) is 5.35. The second-order valence-corrected chi connectivity index (χ2v) is 9.63. The first-order valence-corrected chi connectivity index (χ1v) is 12.1. The molecule has 2 atom stereocenters. The van der Waals surface area contributed by atoms with Gasteiger partial charge in [-0.1, -0.05) is 6.92 Å². The number of hydrogen-bond donors (Lipinski definition) is 1. The fourth-order valence-electron chi connectivity index (χ4n) is 4.92. The maximum absolute atomic E-state index is 13.3. The minimum Gasteiger partial charge on any atom is -0.377 e. The van der Waals surface area contributed by atoms with E-state index in [0.717, 1.165) is 44.4 Å². The van der Waals surface area contributed by atoms with Gasteiger partial charge in [-0.25, -0.2) is 15.1 Å². The number of piperidine rings is 1. The van der Waals surface area contributed by atoms with Crippen LogP contribution >= 0.6 is 0 Å². The average molecular weight is 535 g/mol. The Bertz CT molecular complexity index is 1100. The SMILES string of the molecule is C[C@@H](COC1CCN(C2CCN(c3ncc(C(F)(F)F)cn3)CC2)C1)Cc1cn[nH]c(=O)c1C(F)(F)F. The molecule has 2 fully saturated rings. The highest BCUT2D eigenvalue weighted by Crippen LogP contribution is 2.31. The van der Waals surface area contributed by atoms with Crippen molar-refractivity contribution in [2.45, 2.75) is 57.1 Å². The summed E-state index contributed by atoms with van der Waals surface area (Å²) < 4.78 is 83.9. The fraction of sp³-hybridized carbons (Fsp3) is 0.652. The van der Waals surface area contributed by atoms with Gasteiger partial charge in [0.15, 0.2) is 0 Å². The Hall–Kier alpha value is -2.74. The number of halogens is 6. The van der Waals surface area contributed by atoms with Gasteiger partial charge in [-0.2, -0.15) is 31.4 Å². The number of H-pyrrole nitrogens is 1. The number of nitrogens with zero attached hydrogens (tertiary/aromatic N) is 5. The highest BCUT2D eigenvalue weighted by atomic mass is 19.4. The first-order valence-electron chi connectivity index (χ1n) is 12.1. The predicted octanol–water partition coefficient (Wildman–Crippen LogP) is 3.54. The third-order valence-corrected chi connectivity index (χ3v) is 6.81. The topological polar surface area (TPSA) is 87.2 Å². The number of hydrogen-bond acceptors (Lipinski definition) is 7. The van der Waals surface area contributed by atoms with Crippen LogP contribution in [-0.4, -0.2) is 70.0 Å². The molecule has 37 heavy (non-hydrogen) atoms. The molecular weight excluding hydrogens is 506 g/mol. The smallest absolute Gasteiger partial charge is 0.377 e. The molecule has 14 heteroatoms. The Kier molecular flexibility index (Phi) is 8.07. The lowest BCUT2D eigenvalue weighted by molar-refractivity contribution is -0.140. The van der Waals surface area contributed by atoms with Crippen molar-refractivity contribution in [1.82, 2.24) is 25.1 Å². The number of nitrogens with one attached hydrogen (secondary N) is 1. The van der Waals surface area contributed by atoms with E-state index < -0.39 is 29.0 Å². The molecule has 2 aromatic heterocycles. The summed E-state index contributed by atoms with van der Waals surface area (Å²) in [6.45, 7) is 4.81. The van der Waals surface area contributed by atoms with Gasteiger partial charge in [0.05, 0.1) is 17.9 Å². The zero-order chi connectivity index (χ0) is 26.8. The van der Waals surface area contributed by atoms with Crippen LogP contribution in [0.5, 0.6) is 0 Å². The van der Waals surface area contributed by atoms with E-state index in [1.165, 1.54) is 0 Å². The van der Waals surface area contributed by atoms with Crippen LogP contribution in [0.4, 0.5) is 32.3 Å². The largest absolute Gasteiger partial charge is 0.422 e. The van der Waals surface area contributed by atoms with E-state index in [1.807, 2.05) is 10.00 Å². The zero-order valence-electron chi connectivity index (χ0n) is 20.1. The molecule has 4 heterocycles. The van der Waals surface area contributed by atoms with E-state index in [1.54, 1.807) is 6.92 Å². The summed E-state index contributed by atoms with van der Waals surface area (Å²) >= 11 is 0. The molecule has 2 aromatic rings. The lowest BCUT2D eigenvalue weighted by Crippen LogP contribution is -2.45. The molecule has 2 aliphatic rings. The quantitative estimate of drug-likeness (QED) is 0.544. The van der Waals surface area contributed by atoms with Gasteiger partial charge >= 0.3 is 12.4 Å². The molecule has 0 bridgehead atoms. The number of rotatable bonds is 7. The van der Waals surface area contributed by atoms with Gasteiger partial charge in [0.1, 0.15) is 5.56 Å². The van der Waals surface area contributed by atoms with Gasteiger partial charge in [-0.3, -0.25) is 9.69 Å². The lowest BCUT2D eigenvalue weighted by atomic mass is 9.99. The molecule has 1 unspecified atom stereocenters. The van der Waals surface area contributed by atoms with Crippen molar-refractivity contribution in [3.63, 3.8) is 0 Å². The Labute approximate surface area is 209 Å². The molecule has 0 spiro atoms. The number of ether oxygens (including phenoxy) is 1. The van der Waals surface area contributed by atoms with Crippen LogP contribution < -0.4 is 10.5 Å². The van der Waals surface area contributed by atoms with E-state index in [9.17, 15) is 31.1 Å². The van der Waals surface area contributed by atoms with Crippen molar-refractivity contribution < 1.29 is 31.1 Å². The maximum Gasteiger partial charge on any atom is 0.422 e. The standard InChI is InChI=1S/C23H28F6N6O2/c1-14(8-15-9-32-33-20(36)19(15)23(27,28)29)13-37-18-4-7-35(12-18)17-2-5-34(6-3-17)21-30-10-16(11-31-21)22(24,25)26/h9-11,14,17-18H,2-8,12-13H2,1H3,(H,33,36)/t14-,18?/m1/s1. The van der Waals surface area contributed by atoms with Crippen molar-refractivity contribution in [2.24, 2.45) is 5.92 Å². The second kappa shape index (κ2) is 10.9. The summed E-state index contributed by atoms with van der Waals surface area (Å²) in [7, 11) is 0. The van der Waals surface area contributed by atoms with E-state index in [-0.39, 0.29) is 36.6 Å². The molecule has 0 radical (unpaired) electrons. The molecular formula is C23H28F6N6O2. The molecule has 2 saturated heterocycles. The van der Waals surface area contributed by atoms with Gasteiger partial charge in [0.25, 0.3) is 5.56 Å². The Morgan fingerprint density at radius 2 is 1.70 bits per heavy atom. The first kappa shape index (κ1) is 27.3. The van der Waals surface area contributed by atoms with E-state index in [4.69, 9.17) is 4.74 Å². The molecule has 0 aromatic carbocycles. The predicted molar refractivity (Wildman–Crippen MR) is 121 cm³/mol. The minimum absolute atomic E-state index is 0.0205. The monoisotopic (exact) mass is 534 g/mol. The minimum atomic E-state index is -4.76. The van der Waals surface area contributed by atoms with Gasteiger partial charge in [0.2, 0.25) is 5.95 Å². The van der Waals surface area contributed by atoms with Crippen LogP contribution in [0.3, 0.4) is 0 Å². The van der Waals surface area contributed by atoms with Gasteiger partial charge < -0.3 is 9.64 Å². The Morgan fingerprint density at radius 3 is 2.32 bits per heavy atom. The normalized spacial score (nSPS) is 20.9. The average Bonchev–Trinajstić information content (AvgIpc) is 3.31. The van der Waals surface area contributed by atoms with Gasteiger partial charge in [-0.15, -0.1) is 0 Å². The van der Waals surface area contributed by atoms with E-state index in [0.29, 0.717) is 25.7 Å². The zero-order valence-corrected chi connectivity index (χ0v) is 20.1. The fourth-order valence-corrected chi connectivity index (χ4v) is 4.92. The Balaban J connectivity index is 1.22. The number of aromatic amines is 1. The maximum atomic E-state index is 13.3. The summed E-state index contributed by atoms with van der Waals surface area (Å²) in [5.74, 6) is 0.0399. The number of likely N-dealkylation sites (tertiary alicyclic amines) is 1. The third kappa shape index (κ3) is 6.78. The van der Waals surface area contributed by atoms with Crippen molar-refractivity contribution >= 4 is 5.95 Å². The molecule has 0 amide bonds. The van der Waals surface area contributed by atoms with E-state index in [2.05, 4.69) is 20.0 Å². The number of alkyl halides is 6. The van der Waals surface area contributed by atoms with Crippen molar-refractivity contribution in [2.75, 3.05) is 37.7 Å². The van der Waals surface area contributed by atoms with Gasteiger partial charge in [0, 0.05) is 51.2 Å². The number of anilines is 1. The summed E-state index contributed by atoms with van der Waals surface area (Å²) in [5.41, 5.74) is -3.49. The van der Waals surface area contributed by atoms with Crippen LogP contribution in [0.15, 0.2) is 23.4 Å². The molecule has 4 rings (SSSR count). The van der Waals surface area contributed by atoms with Crippen LogP contribution in [0.2, 0.25) is 0 Å². The van der Waals surface area contributed by atoms with Crippen LogP contribution in [0.1, 0.15) is 42.9 Å². The molecule has 0 saturated carbocycles. The highest BCUT2D eigenvalue weighted by molar-refractivity contribution is 5.31. The summed E-state index contributed by atoms with van der Waals surface area (Å²) in [6.07, 6.45) is -4.19. The third-order valence-electron chi connectivity index (χ3n) is 6.81. The van der Waals surface area contributed by atoms with E-state index >= 15 is 0 Å². The number of aromatic nitrogens is 4. The highest BCUT2D eigenvalue weighted by Gasteiger charge is 2.37. The van der Waals surface area contributed by atoms with Crippen LogP contribution in [0, 0.1) is 5.92 Å². The Morgan fingerprint density at radius 1 is 1.03 bits per heavy atom. The van der Waals surface area contributed by atoms with Gasteiger partial charge in [-0.05, 0) is 37.2 Å². The summed E-state index contributed by atoms with van der Waals surface area (Å²) in [6, 6.07) is 0.299. The molecule has 1 N–H and O–H groups in total. The second-order valence-electron chi connectivity index (χ2n) is 9.63. The lowest BCUT2D eigenvalue weighted by Gasteiger charge is -2.36. The first-order chi connectivity index (χ1) is 17.4. The van der Waals surface area contributed by atoms with Crippen molar-refractivity contribution in [1.29, 1.82) is 0 Å². The van der Waals surface area contributed by atoms with Crippen molar-refractivity contribution in [3.05, 3.63) is 45.6 Å². The molecule has 204 valence electrons.